The number of furan rings is 1. The molecule has 0 amide bonds. The zero-order valence-electron chi connectivity index (χ0n) is 14.6. The Kier molecular flexibility index (Phi) is 6.30. The summed E-state index contributed by atoms with van der Waals surface area (Å²) in [5, 5.41) is 22.9. The highest BCUT2D eigenvalue weighted by Gasteiger charge is 2.21. The summed E-state index contributed by atoms with van der Waals surface area (Å²) in [5.41, 5.74) is 0.464. The summed E-state index contributed by atoms with van der Waals surface area (Å²) in [6, 6.07) is 16.3. The van der Waals surface area contributed by atoms with E-state index < -0.39 is 12.1 Å². The van der Waals surface area contributed by atoms with Crippen molar-refractivity contribution < 1.29 is 28.9 Å². The molecule has 0 unspecified atom stereocenters. The molecule has 1 aromatic heterocycles. The molecule has 0 aliphatic heterocycles. The Balaban J connectivity index is 1.43. The molecule has 0 bridgehead atoms. The molecule has 1 atom stereocenters. The molecule has 1 heterocycles. The van der Waals surface area contributed by atoms with Crippen molar-refractivity contribution in [3.8, 4) is 11.5 Å². The second-order valence-electron chi connectivity index (χ2n) is 5.89. The SMILES string of the molecule is O=C(O)c1oc2ccccc2c1OCCNC[C@H](O)COc1ccccc1. The minimum atomic E-state index is -1.18. The van der Waals surface area contributed by atoms with Gasteiger partial charge in [0, 0.05) is 13.1 Å². The van der Waals surface area contributed by atoms with Gasteiger partial charge in [-0.05, 0) is 24.3 Å². The maximum Gasteiger partial charge on any atom is 0.375 e. The van der Waals surface area contributed by atoms with Gasteiger partial charge in [0.15, 0.2) is 5.75 Å². The summed E-state index contributed by atoms with van der Waals surface area (Å²) >= 11 is 0. The monoisotopic (exact) mass is 371 g/mol. The van der Waals surface area contributed by atoms with Gasteiger partial charge in [0.2, 0.25) is 0 Å². The van der Waals surface area contributed by atoms with E-state index in [1.54, 1.807) is 24.3 Å². The number of rotatable bonds is 10. The largest absolute Gasteiger partial charge is 0.491 e. The summed E-state index contributed by atoms with van der Waals surface area (Å²) in [6.07, 6.45) is -0.672. The quantitative estimate of drug-likeness (QED) is 0.471. The summed E-state index contributed by atoms with van der Waals surface area (Å²) in [6.45, 7) is 1.17. The molecule has 0 aliphatic rings. The van der Waals surface area contributed by atoms with Crippen molar-refractivity contribution in [1.29, 1.82) is 0 Å². The zero-order chi connectivity index (χ0) is 19.1. The number of fused-ring (bicyclic) bond motifs is 1. The Labute approximate surface area is 156 Å². The minimum absolute atomic E-state index is 0.174. The number of carbonyl (C=O) groups is 1. The average Bonchev–Trinajstić information content (AvgIpc) is 3.06. The van der Waals surface area contributed by atoms with Crippen molar-refractivity contribution in [2.24, 2.45) is 0 Å². The number of hydrogen-bond donors (Lipinski definition) is 3. The molecule has 3 aromatic rings. The molecule has 3 rings (SSSR count). The van der Waals surface area contributed by atoms with Crippen LogP contribution in [0.4, 0.5) is 0 Å². The lowest BCUT2D eigenvalue weighted by Crippen LogP contribution is -2.33. The van der Waals surface area contributed by atoms with Crippen molar-refractivity contribution in [3.63, 3.8) is 0 Å². The molecule has 7 nitrogen and oxygen atoms in total. The Morgan fingerprint density at radius 2 is 1.81 bits per heavy atom. The van der Waals surface area contributed by atoms with Gasteiger partial charge in [-0.1, -0.05) is 30.3 Å². The predicted molar refractivity (Wildman–Crippen MR) is 99.5 cm³/mol. The van der Waals surface area contributed by atoms with Gasteiger partial charge >= 0.3 is 5.97 Å². The third-order valence-electron chi connectivity index (χ3n) is 3.83. The molecule has 27 heavy (non-hydrogen) atoms. The van der Waals surface area contributed by atoms with Gasteiger partial charge in [-0.15, -0.1) is 0 Å². The van der Waals surface area contributed by atoms with Crippen LogP contribution in [0.25, 0.3) is 11.0 Å². The third kappa shape index (κ3) is 4.99. The van der Waals surface area contributed by atoms with E-state index >= 15 is 0 Å². The maximum atomic E-state index is 11.3. The molecule has 2 aromatic carbocycles. The molecule has 0 spiro atoms. The van der Waals surface area contributed by atoms with Crippen LogP contribution < -0.4 is 14.8 Å². The highest BCUT2D eigenvalue weighted by molar-refractivity contribution is 5.97. The average molecular weight is 371 g/mol. The topological polar surface area (TPSA) is 101 Å². The standard InChI is InChI=1S/C20H21NO6/c22-14(13-26-15-6-2-1-3-7-15)12-21-10-11-25-18-16-8-4-5-9-17(16)27-19(18)20(23)24/h1-9,14,21-22H,10-13H2,(H,23,24)/t14-/m0/s1. The molecule has 0 radical (unpaired) electrons. The van der Waals surface area contributed by atoms with Gasteiger partial charge in [0.05, 0.1) is 5.39 Å². The highest BCUT2D eigenvalue weighted by atomic mass is 16.5. The molecule has 0 aliphatic carbocycles. The van der Waals surface area contributed by atoms with Crippen molar-refractivity contribution in [2.45, 2.75) is 6.10 Å². The van der Waals surface area contributed by atoms with Crippen molar-refractivity contribution in [3.05, 3.63) is 60.4 Å². The molecule has 0 saturated carbocycles. The Hall–Kier alpha value is -3.03. The van der Waals surface area contributed by atoms with Crippen LogP contribution in [0.15, 0.2) is 59.0 Å². The fourth-order valence-corrected chi connectivity index (χ4v) is 2.57. The summed E-state index contributed by atoms with van der Waals surface area (Å²) in [4.78, 5) is 11.3. The fraction of sp³-hybridized carbons (Fsp3) is 0.250. The number of ether oxygens (including phenoxy) is 2. The van der Waals surface area contributed by atoms with Crippen LogP contribution in [0, 0.1) is 0 Å². The minimum Gasteiger partial charge on any atom is -0.491 e. The number of hydrogen-bond acceptors (Lipinski definition) is 6. The van der Waals surface area contributed by atoms with E-state index in [0.29, 0.717) is 29.8 Å². The number of carboxylic acid groups (broad SMARTS) is 1. The van der Waals surface area contributed by atoms with Gasteiger partial charge in [0.1, 0.15) is 30.7 Å². The number of carboxylic acids is 1. The zero-order valence-corrected chi connectivity index (χ0v) is 14.6. The van der Waals surface area contributed by atoms with Crippen LogP contribution in [-0.2, 0) is 0 Å². The Morgan fingerprint density at radius 3 is 2.59 bits per heavy atom. The lowest BCUT2D eigenvalue weighted by Gasteiger charge is -2.13. The van der Waals surface area contributed by atoms with Crippen molar-refractivity contribution in [1.82, 2.24) is 5.32 Å². The molecule has 0 fully saturated rings. The summed E-state index contributed by atoms with van der Waals surface area (Å²) in [7, 11) is 0. The molecule has 3 N–H and O–H groups in total. The number of para-hydroxylation sites is 2. The van der Waals surface area contributed by atoms with Gasteiger partial charge in [0.25, 0.3) is 5.76 Å². The number of aromatic carboxylic acids is 1. The Bertz CT molecular complexity index is 877. The van der Waals surface area contributed by atoms with E-state index in [-0.39, 0.29) is 24.7 Å². The highest BCUT2D eigenvalue weighted by Crippen LogP contribution is 2.32. The van der Waals surface area contributed by atoms with Gasteiger partial charge in [-0.3, -0.25) is 0 Å². The fourth-order valence-electron chi connectivity index (χ4n) is 2.57. The number of aliphatic hydroxyl groups excluding tert-OH is 1. The van der Waals surface area contributed by atoms with Crippen molar-refractivity contribution in [2.75, 3.05) is 26.3 Å². The van der Waals surface area contributed by atoms with Gasteiger partial charge in [-0.2, -0.15) is 0 Å². The van der Waals surface area contributed by atoms with Gasteiger partial charge in [-0.25, -0.2) is 4.79 Å². The normalized spacial score (nSPS) is 12.0. The smallest absolute Gasteiger partial charge is 0.375 e. The van der Waals surface area contributed by atoms with E-state index in [1.807, 2.05) is 30.3 Å². The van der Waals surface area contributed by atoms with Crippen LogP contribution in [0.1, 0.15) is 10.6 Å². The first-order valence-electron chi connectivity index (χ1n) is 8.59. The van der Waals surface area contributed by atoms with E-state index in [1.165, 1.54) is 0 Å². The van der Waals surface area contributed by atoms with E-state index in [4.69, 9.17) is 13.9 Å². The number of nitrogens with one attached hydrogen (secondary N) is 1. The Morgan fingerprint density at radius 1 is 1.07 bits per heavy atom. The van der Waals surface area contributed by atoms with Crippen molar-refractivity contribution >= 4 is 16.9 Å². The molecular formula is C20H21NO6. The number of aliphatic hydroxyl groups is 1. The van der Waals surface area contributed by atoms with Gasteiger partial charge < -0.3 is 29.4 Å². The first kappa shape index (κ1) is 18.8. The number of benzene rings is 2. The van der Waals surface area contributed by atoms with Crippen LogP contribution in [0.5, 0.6) is 11.5 Å². The van der Waals surface area contributed by atoms with E-state index in [9.17, 15) is 15.0 Å². The summed E-state index contributed by atoms with van der Waals surface area (Å²) < 4.78 is 16.4. The molecule has 142 valence electrons. The third-order valence-corrected chi connectivity index (χ3v) is 3.83. The lowest BCUT2D eigenvalue weighted by molar-refractivity contribution is 0.0658. The second kappa shape index (κ2) is 9.07. The van der Waals surface area contributed by atoms with Crippen LogP contribution in [0.2, 0.25) is 0 Å². The maximum absolute atomic E-state index is 11.3. The first-order chi connectivity index (χ1) is 13.1. The summed E-state index contributed by atoms with van der Waals surface area (Å²) in [5.74, 6) is -0.476. The predicted octanol–water partition coefficient (Wildman–Crippen LogP) is 2.54. The lowest BCUT2D eigenvalue weighted by atomic mass is 10.2. The van der Waals surface area contributed by atoms with E-state index in [0.717, 1.165) is 0 Å². The van der Waals surface area contributed by atoms with Crippen LogP contribution in [0.3, 0.4) is 0 Å². The second-order valence-corrected chi connectivity index (χ2v) is 5.89. The first-order valence-corrected chi connectivity index (χ1v) is 8.59. The molecule has 7 heteroatoms. The van der Waals surface area contributed by atoms with Crippen LogP contribution >= 0.6 is 0 Å². The van der Waals surface area contributed by atoms with Crippen LogP contribution in [-0.4, -0.2) is 48.6 Å². The molecular weight excluding hydrogens is 350 g/mol. The molecule has 0 saturated heterocycles. The van der Waals surface area contributed by atoms with E-state index in [2.05, 4.69) is 5.32 Å².